The molecule has 1 aromatic rings. The third-order valence-electron chi connectivity index (χ3n) is 1.38. The fraction of sp³-hybridized carbons (Fsp3) is 0. The minimum Gasteiger partial charge on any atom is -0.411 e. The van der Waals surface area contributed by atoms with Crippen molar-refractivity contribution in [2.24, 2.45) is 5.16 Å². The minimum atomic E-state index is -1.16. The molecule has 1 rings (SSSR count). The van der Waals surface area contributed by atoms with Crippen LogP contribution in [0.1, 0.15) is 0 Å². The van der Waals surface area contributed by atoms with Crippen molar-refractivity contribution in [1.82, 2.24) is 0 Å². The average molecular weight is 200 g/mol. The molecular formula is C8H6F2N2O2. The van der Waals surface area contributed by atoms with Crippen LogP contribution in [-0.4, -0.2) is 17.3 Å². The van der Waals surface area contributed by atoms with Gasteiger partial charge in [0.2, 0.25) is 0 Å². The monoisotopic (exact) mass is 200 g/mol. The van der Waals surface area contributed by atoms with E-state index in [4.69, 9.17) is 5.21 Å². The van der Waals surface area contributed by atoms with Crippen molar-refractivity contribution < 1.29 is 18.8 Å². The van der Waals surface area contributed by atoms with E-state index in [2.05, 4.69) is 5.16 Å². The van der Waals surface area contributed by atoms with E-state index in [0.29, 0.717) is 6.21 Å². The summed E-state index contributed by atoms with van der Waals surface area (Å²) >= 11 is 0. The molecule has 6 heteroatoms. The first-order valence-electron chi connectivity index (χ1n) is 3.57. The van der Waals surface area contributed by atoms with Gasteiger partial charge in [0.15, 0.2) is 11.6 Å². The first-order valence-corrected chi connectivity index (χ1v) is 3.57. The molecule has 0 saturated carbocycles. The Bertz CT molecular complexity index is 380. The van der Waals surface area contributed by atoms with Gasteiger partial charge in [-0.1, -0.05) is 11.2 Å². The molecule has 0 bridgehead atoms. The molecule has 0 heterocycles. The lowest BCUT2D eigenvalue weighted by Gasteiger charge is -2.02. The molecule has 4 nitrogen and oxygen atoms in total. The Kier molecular flexibility index (Phi) is 3.11. The summed E-state index contributed by atoms with van der Waals surface area (Å²) in [5, 5.41) is 12.4. The zero-order valence-electron chi connectivity index (χ0n) is 6.87. The van der Waals surface area contributed by atoms with Crippen LogP contribution in [-0.2, 0) is 4.79 Å². The molecule has 0 saturated heterocycles. The number of nitrogens with one attached hydrogen (secondary N) is 1. The largest absolute Gasteiger partial charge is 0.411 e. The lowest BCUT2D eigenvalue weighted by molar-refractivity contribution is -0.110. The van der Waals surface area contributed by atoms with Crippen molar-refractivity contribution in [1.29, 1.82) is 0 Å². The van der Waals surface area contributed by atoms with Crippen LogP contribution in [0.4, 0.5) is 14.5 Å². The molecule has 2 N–H and O–H groups in total. The normalized spacial score (nSPS) is 10.4. The first kappa shape index (κ1) is 10.1. The summed E-state index contributed by atoms with van der Waals surface area (Å²) in [5.74, 6) is -3.08. The second-order valence-electron chi connectivity index (χ2n) is 2.34. The number of carbonyl (C=O) groups is 1. The van der Waals surface area contributed by atoms with E-state index in [1.807, 2.05) is 5.32 Å². The molecule has 1 aromatic carbocycles. The van der Waals surface area contributed by atoms with Gasteiger partial charge in [-0.25, -0.2) is 8.78 Å². The Hall–Kier alpha value is -1.98. The summed E-state index contributed by atoms with van der Waals surface area (Å²) in [7, 11) is 0. The highest BCUT2D eigenvalue weighted by Gasteiger charge is 2.08. The zero-order valence-corrected chi connectivity index (χ0v) is 6.87. The Morgan fingerprint density at radius 1 is 1.50 bits per heavy atom. The van der Waals surface area contributed by atoms with Crippen LogP contribution >= 0.6 is 0 Å². The predicted octanol–water partition coefficient (Wildman–Crippen LogP) is 1.36. The number of carbonyl (C=O) groups excluding carboxylic acids is 1. The van der Waals surface area contributed by atoms with Crippen LogP contribution in [0.5, 0.6) is 0 Å². The van der Waals surface area contributed by atoms with Gasteiger partial charge in [-0.05, 0) is 12.1 Å². The van der Waals surface area contributed by atoms with E-state index in [1.165, 1.54) is 12.1 Å². The van der Waals surface area contributed by atoms with Gasteiger partial charge in [-0.2, -0.15) is 0 Å². The van der Waals surface area contributed by atoms with Gasteiger partial charge < -0.3 is 10.5 Å². The zero-order chi connectivity index (χ0) is 10.6. The number of hydrogen-bond donors (Lipinski definition) is 2. The van der Waals surface area contributed by atoms with Gasteiger partial charge in [-0.3, -0.25) is 4.79 Å². The summed E-state index contributed by atoms with van der Waals surface area (Å²) in [6, 6.07) is 3.34. The third kappa shape index (κ3) is 2.25. The van der Waals surface area contributed by atoms with Crippen LogP contribution in [0.25, 0.3) is 0 Å². The van der Waals surface area contributed by atoms with Gasteiger partial charge in [0, 0.05) is 0 Å². The molecule has 0 aliphatic rings. The molecule has 0 aromatic heterocycles. The van der Waals surface area contributed by atoms with Crippen molar-refractivity contribution in [3.05, 3.63) is 29.8 Å². The number of amides is 1. The van der Waals surface area contributed by atoms with Gasteiger partial charge in [0.05, 0.1) is 5.69 Å². The fourth-order valence-corrected chi connectivity index (χ4v) is 0.818. The molecule has 74 valence electrons. The molecule has 1 amide bonds. The highest BCUT2D eigenvalue weighted by Crippen LogP contribution is 2.15. The van der Waals surface area contributed by atoms with E-state index in [-0.39, 0.29) is 5.69 Å². The number of rotatable bonds is 2. The topological polar surface area (TPSA) is 61.7 Å². The molecule has 14 heavy (non-hydrogen) atoms. The van der Waals surface area contributed by atoms with E-state index < -0.39 is 17.5 Å². The summed E-state index contributed by atoms with van der Waals surface area (Å²) in [6.45, 7) is 0. The maximum Gasteiger partial charge on any atom is 0.270 e. The van der Waals surface area contributed by atoms with Crippen LogP contribution in [0.15, 0.2) is 23.4 Å². The standard InChI is InChI=1S/C8H6F2N2O2/c9-5-2-1-3-6(8(5)10)12-7(13)4-11-14/h1-4,14H,(H,12,13). The van der Waals surface area contributed by atoms with E-state index in [1.54, 1.807) is 0 Å². The Morgan fingerprint density at radius 2 is 2.21 bits per heavy atom. The van der Waals surface area contributed by atoms with Crippen LogP contribution in [0.2, 0.25) is 0 Å². The first-order chi connectivity index (χ1) is 6.65. The minimum absolute atomic E-state index is 0.310. The number of oxime groups is 1. The van der Waals surface area contributed by atoms with E-state index in [9.17, 15) is 13.6 Å². The predicted molar refractivity (Wildman–Crippen MR) is 45.3 cm³/mol. The van der Waals surface area contributed by atoms with E-state index in [0.717, 1.165) is 6.07 Å². The van der Waals surface area contributed by atoms with Crippen molar-refractivity contribution in [3.8, 4) is 0 Å². The number of hydrogen-bond acceptors (Lipinski definition) is 3. The quantitative estimate of drug-likeness (QED) is 0.430. The summed E-state index contributed by atoms with van der Waals surface area (Å²) in [6.07, 6.45) is 0.532. The molecule has 0 unspecified atom stereocenters. The maximum absolute atomic E-state index is 12.9. The van der Waals surface area contributed by atoms with E-state index >= 15 is 0 Å². The van der Waals surface area contributed by atoms with Crippen LogP contribution in [0.3, 0.4) is 0 Å². The molecular weight excluding hydrogens is 194 g/mol. The Morgan fingerprint density at radius 3 is 2.86 bits per heavy atom. The van der Waals surface area contributed by atoms with Crippen LogP contribution < -0.4 is 5.32 Å². The number of halogens is 2. The summed E-state index contributed by atoms with van der Waals surface area (Å²) in [4.78, 5) is 10.8. The Labute approximate surface area is 77.8 Å². The number of nitrogens with zero attached hydrogens (tertiary/aromatic N) is 1. The van der Waals surface area contributed by atoms with Gasteiger partial charge in [0.25, 0.3) is 5.91 Å². The molecule has 0 fully saturated rings. The maximum atomic E-state index is 12.9. The lowest BCUT2D eigenvalue weighted by Crippen LogP contribution is -2.14. The summed E-state index contributed by atoms with van der Waals surface area (Å²) in [5.41, 5.74) is -0.310. The highest BCUT2D eigenvalue weighted by atomic mass is 19.2. The average Bonchev–Trinajstić information content (AvgIpc) is 2.13. The van der Waals surface area contributed by atoms with Gasteiger partial charge >= 0.3 is 0 Å². The summed E-state index contributed by atoms with van der Waals surface area (Å²) < 4.78 is 25.5. The Balaban J connectivity index is 2.87. The smallest absolute Gasteiger partial charge is 0.270 e. The van der Waals surface area contributed by atoms with Gasteiger partial charge in [-0.15, -0.1) is 0 Å². The van der Waals surface area contributed by atoms with Crippen molar-refractivity contribution in [2.45, 2.75) is 0 Å². The van der Waals surface area contributed by atoms with Crippen molar-refractivity contribution in [3.63, 3.8) is 0 Å². The second kappa shape index (κ2) is 4.31. The molecule has 0 spiro atoms. The lowest BCUT2D eigenvalue weighted by atomic mass is 10.3. The SMILES string of the molecule is O=C(C=NO)Nc1cccc(F)c1F. The molecule has 0 aliphatic carbocycles. The number of benzene rings is 1. The molecule has 0 radical (unpaired) electrons. The second-order valence-corrected chi connectivity index (χ2v) is 2.34. The van der Waals surface area contributed by atoms with Gasteiger partial charge in [0.1, 0.15) is 6.21 Å². The fourth-order valence-electron chi connectivity index (χ4n) is 0.818. The van der Waals surface area contributed by atoms with Crippen molar-refractivity contribution >= 4 is 17.8 Å². The van der Waals surface area contributed by atoms with Crippen LogP contribution in [0, 0.1) is 11.6 Å². The highest BCUT2D eigenvalue weighted by molar-refractivity contribution is 6.31. The number of anilines is 1. The third-order valence-corrected chi connectivity index (χ3v) is 1.38. The van der Waals surface area contributed by atoms with Crippen molar-refractivity contribution in [2.75, 3.05) is 5.32 Å². The molecule has 0 aliphatic heterocycles. The molecule has 0 atom stereocenters.